The zero-order valence-corrected chi connectivity index (χ0v) is 13.4. The minimum absolute atomic E-state index is 0.289. The summed E-state index contributed by atoms with van der Waals surface area (Å²) in [6.07, 6.45) is 0. The highest BCUT2D eigenvalue weighted by Crippen LogP contribution is 2.25. The number of carbonyl (C=O) groups is 2. The predicted octanol–water partition coefficient (Wildman–Crippen LogP) is 3.97. The molecule has 1 unspecified atom stereocenters. The van der Waals surface area contributed by atoms with Gasteiger partial charge in [0.1, 0.15) is 17.5 Å². The van der Waals surface area contributed by atoms with Gasteiger partial charge in [-0.3, -0.25) is 9.59 Å². The van der Waals surface area contributed by atoms with E-state index in [1.165, 1.54) is 38.3 Å². The fourth-order valence-corrected chi connectivity index (χ4v) is 2.53. The molecule has 0 aliphatic carbocycles. The Bertz CT molecular complexity index is 683. The van der Waals surface area contributed by atoms with E-state index in [4.69, 9.17) is 4.33 Å². The maximum absolute atomic E-state index is 13.0. The van der Waals surface area contributed by atoms with Crippen molar-refractivity contribution in [1.29, 1.82) is 0 Å². The van der Waals surface area contributed by atoms with Gasteiger partial charge in [0.15, 0.2) is 5.78 Å². The van der Waals surface area contributed by atoms with E-state index < -0.39 is 11.7 Å². The van der Waals surface area contributed by atoms with E-state index in [9.17, 15) is 14.0 Å². The van der Waals surface area contributed by atoms with E-state index in [-0.39, 0.29) is 11.6 Å². The first-order valence-corrected chi connectivity index (χ1v) is 7.54. The largest absolute Gasteiger partial charge is 0.299 e. The van der Waals surface area contributed by atoms with Gasteiger partial charge in [0.05, 0.1) is 19.2 Å². The van der Waals surface area contributed by atoms with Gasteiger partial charge in [0.2, 0.25) is 0 Å². The number of hydrogen-bond donors (Lipinski definition) is 0. The van der Waals surface area contributed by atoms with Gasteiger partial charge in [-0.05, 0) is 36.8 Å². The summed E-state index contributed by atoms with van der Waals surface area (Å²) in [6, 6.07) is 12.0. The van der Waals surface area contributed by atoms with Crippen molar-refractivity contribution in [3.8, 4) is 0 Å². The van der Waals surface area contributed by atoms with Crippen LogP contribution in [0.5, 0.6) is 0 Å². The van der Waals surface area contributed by atoms with E-state index in [2.05, 4.69) is 4.89 Å². The molecule has 0 heterocycles. The summed E-state index contributed by atoms with van der Waals surface area (Å²) in [6.45, 7) is 1.35. The fraction of sp³-hybridized carbons (Fsp3) is 0.176. The zero-order chi connectivity index (χ0) is 16.8. The van der Waals surface area contributed by atoms with Gasteiger partial charge in [0, 0.05) is 10.5 Å². The molecule has 23 heavy (non-hydrogen) atoms. The third-order valence-electron chi connectivity index (χ3n) is 3.21. The van der Waals surface area contributed by atoms with Crippen LogP contribution in [-0.2, 0) is 14.0 Å². The second-order valence-electron chi connectivity index (χ2n) is 4.80. The van der Waals surface area contributed by atoms with Crippen LogP contribution in [0.25, 0.3) is 0 Å². The average molecular weight is 334 g/mol. The van der Waals surface area contributed by atoms with Crippen LogP contribution in [0.1, 0.15) is 28.8 Å². The van der Waals surface area contributed by atoms with Gasteiger partial charge < -0.3 is 0 Å². The lowest BCUT2D eigenvalue weighted by Crippen LogP contribution is -2.20. The van der Waals surface area contributed by atoms with Crippen molar-refractivity contribution in [2.24, 2.45) is 0 Å². The molecule has 0 N–H and O–H groups in total. The molecule has 6 heteroatoms. The number of hydrogen-bond acceptors (Lipinski definition) is 5. The monoisotopic (exact) mass is 334 g/mol. The van der Waals surface area contributed by atoms with Crippen molar-refractivity contribution >= 4 is 23.6 Å². The van der Waals surface area contributed by atoms with E-state index >= 15 is 0 Å². The molecule has 120 valence electrons. The highest BCUT2D eigenvalue weighted by atomic mass is 32.2. The number of halogens is 1. The van der Waals surface area contributed by atoms with E-state index in [0.29, 0.717) is 11.1 Å². The van der Waals surface area contributed by atoms with Crippen molar-refractivity contribution < 1.29 is 23.2 Å². The van der Waals surface area contributed by atoms with Crippen molar-refractivity contribution in [1.82, 2.24) is 0 Å². The summed E-state index contributed by atoms with van der Waals surface area (Å²) in [7, 11) is 1.39. The first kappa shape index (κ1) is 17.3. The smallest absolute Gasteiger partial charge is 0.177 e. The summed E-state index contributed by atoms with van der Waals surface area (Å²) < 4.78 is 17.8. The molecule has 0 radical (unpaired) electrons. The van der Waals surface area contributed by atoms with Crippen molar-refractivity contribution in [2.45, 2.75) is 17.7 Å². The Morgan fingerprint density at radius 2 is 1.65 bits per heavy atom. The van der Waals surface area contributed by atoms with Gasteiger partial charge in [-0.1, -0.05) is 24.3 Å². The summed E-state index contributed by atoms with van der Waals surface area (Å²) in [5, 5.41) is 0. The van der Waals surface area contributed by atoms with E-state index in [1.54, 1.807) is 24.3 Å². The van der Waals surface area contributed by atoms with Gasteiger partial charge in [-0.15, -0.1) is 0 Å². The average Bonchev–Trinajstić information content (AvgIpc) is 2.55. The van der Waals surface area contributed by atoms with Crippen LogP contribution in [0.15, 0.2) is 53.4 Å². The number of rotatable bonds is 7. The van der Waals surface area contributed by atoms with Crippen LogP contribution in [0.3, 0.4) is 0 Å². The molecule has 0 amide bonds. The van der Waals surface area contributed by atoms with Gasteiger partial charge in [0.25, 0.3) is 0 Å². The Kier molecular flexibility index (Phi) is 6.04. The molecule has 2 aromatic carbocycles. The predicted molar refractivity (Wildman–Crippen MR) is 84.5 cm³/mol. The summed E-state index contributed by atoms with van der Waals surface area (Å²) in [5.41, 5.74) is 0.876. The standard InChI is InChI=1S/C17H15FO4S/c1-11(19)16(12-3-7-14(18)8-4-12)17(20)13-5-9-15(10-6-13)23-22-21-2/h3-10,16H,1-2H3. The molecular formula is C17H15FO4S. The molecule has 0 saturated heterocycles. The minimum atomic E-state index is -0.940. The van der Waals surface area contributed by atoms with Crippen LogP contribution in [0.2, 0.25) is 0 Å². The Hall–Kier alpha value is -2.02. The van der Waals surface area contributed by atoms with E-state index in [1.807, 2.05) is 0 Å². The molecule has 0 aliphatic heterocycles. The number of benzene rings is 2. The highest BCUT2D eigenvalue weighted by molar-refractivity contribution is 7.94. The number of Topliss-reactive ketones (excluding diaryl/α,β-unsaturated/α-hetero) is 2. The lowest BCUT2D eigenvalue weighted by Gasteiger charge is -2.13. The van der Waals surface area contributed by atoms with Crippen molar-refractivity contribution in [3.05, 3.63) is 65.5 Å². The second kappa shape index (κ2) is 8.01. The SMILES string of the molecule is COOSc1ccc(C(=O)C(C(C)=O)c2ccc(F)cc2)cc1. The van der Waals surface area contributed by atoms with Gasteiger partial charge >= 0.3 is 0 Å². The Morgan fingerprint density at radius 3 is 2.17 bits per heavy atom. The molecule has 0 fully saturated rings. The molecule has 0 bridgehead atoms. The Balaban J connectivity index is 2.24. The lowest BCUT2D eigenvalue weighted by molar-refractivity contribution is -0.160. The molecule has 0 aromatic heterocycles. The van der Waals surface area contributed by atoms with Crippen molar-refractivity contribution in [3.63, 3.8) is 0 Å². The third-order valence-corrected chi connectivity index (χ3v) is 3.88. The fourth-order valence-electron chi connectivity index (χ4n) is 2.14. The highest BCUT2D eigenvalue weighted by Gasteiger charge is 2.26. The molecule has 1 atom stereocenters. The molecule has 2 aromatic rings. The molecule has 2 rings (SSSR count). The number of carbonyl (C=O) groups excluding carboxylic acids is 2. The van der Waals surface area contributed by atoms with Crippen LogP contribution in [-0.4, -0.2) is 18.7 Å². The summed E-state index contributed by atoms with van der Waals surface area (Å²) in [5.74, 6) is -1.97. The van der Waals surface area contributed by atoms with Gasteiger partial charge in [-0.25, -0.2) is 9.28 Å². The van der Waals surface area contributed by atoms with Crippen LogP contribution in [0.4, 0.5) is 4.39 Å². The van der Waals surface area contributed by atoms with Crippen LogP contribution in [0, 0.1) is 5.82 Å². The first-order valence-electron chi connectivity index (χ1n) is 6.80. The molecular weight excluding hydrogens is 319 g/mol. The van der Waals surface area contributed by atoms with Crippen molar-refractivity contribution in [2.75, 3.05) is 7.11 Å². The first-order chi connectivity index (χ1) is 11.0. The van der Waals surface area contributed by atoms with Crippen LogP contribution >= 0.6 is 12.0 Å². The van der Waals surface area contributed by atoms with Crippen LogP contribution < -0.4 is 0 Å². The Morgan fingerprint density at radius 1 is 1.04 bits per heavy atom. The second-order valence-corrected chi connectivity index (χ2v) is 5.58. The summed E-state index contributed by atoms with van der Waals surface area (Å²) in [4.78, 5) is 29.8. The minimum Gasteiger partial charge on any atom is -0.299 e. The van der Waals surface area contributed by atoms with E-state index in [0.717, 1.165) is 16.9 Å². The molecule has 0 aliphatic rings. The molecule has 0 spiro atoms. The quantitative estimate of drug-likeness (QED) is 0.252. The van der Waals surface area contributed by atoms with Gasteiger partial charge in [-0.2, -0.15) is 4.33 Å². The maximum atomic E-state index is 13.0. The number of ketones is 2. The lowest BCUT2D eigenvalue weighted by atomic mass is 9.88. The molecule has 0 saturated carbocycles. The summed E-state index contributed by atoms with van der Waals surface area (Å²) >= 11 is 1.01. The Labute approximate surface area is 137 Å². The molecule has 4 nitrogen and oxygen atoms in total. The maximum Gasteiger partial charge on any atom is 0.177 e. The zero-order valence-electron chi connectivity index (χ0n) is 12.6. The topological polar surface area (TPSA) is 52.6 Å². The third kappa shape index (κ3) is 4.48. The normalized spacial score (nSPS) is 12.0.